The van der Waals surface area contributed by atoms with Crippen LogP contribution in [-0.2, 0) is 16.1 Å². The lowest BCUT2D eigenvalue weighted by molar-refractivity contribution is -0.114. The number of nitrogens with zero attached hydrogens (tertiary/aromatic N) is 3. The zero-order chi connectivity index (χ0) is 14.2. The van der Waals surface area contributed by atoms with Crippen LogP contribution < -0.4 is 10.2 Å². The molecule has 7 nitrogen and oxygen atoms in total. The van der Waals surface area contributed by atoms with Crippen LogP contribution in [0.15, 0.2) is 6.07 Å². The minimum atomic E-state index is -0.537. The van der Waals surface area contributed by atoms with Crippen molar-refractivity contribution in [1.29, 1.82) is 0 Å². The van der Waals surface area contributed by atoms with E-state index in [1.807, 2.05) is 20.8 Å². The average molecular weight is 266 g/mol. The first-order valence-electron chi connectivity index (χ1n) is 6.12. The first kappa shape index (κ1) is 13.4. The Balaban J connectivity index is 2.14. The summed E-state index contributed by atoms with van der Waals surface area (Å²) in [5.41, 5.74) is -0.537. The second kappa shape index (κ2) is 4.56. The lowest BCUT2D eigenvalue weighted by Gasteiger charge is -2.23. The Morgan fingerprint density at radius 2 is 2.05 bits per heavy atom. The molecule has 19 heavy (non-hydrogen) atoms. The highest BCUT2D eigenvalue weighted by Crippen LogP contribution is 2.26. The monoisotopic (exact) mass is 266 g/mol. The molecule has 1 aromatic heterocycles. The van der Waals surface area contributed by atoms with Crippen LogP contribution in [0, 0.1) is 0 Å². The molecule has 1 aliphatic heterocycles. The van der Waals surface area contributed by atoms with Crippen molar-refractivity contribution in [3.05, 3.63) is 6.07 Å². The van der Waals surface area contributed by atoms with Crippen molar-refractivity contribution in [2.24, 2.45) is 0 Å². The van der Waals surface area contributed by atoms with Crippen LogP contribution in [0.5, 0.6) is 0 Å². The molecule has 1 aromatic rings. The molecule has 0 atom stereocenters. The molecule has 0 radical (unpaired) electrons. The van der Waals surface area contributed by atoms with Crippen LogP contribution >= 0.6 is 0 Å². The van der Waals surface area contributed by atoms with E-state index >= 15 is 0 Å². The van der Waals surface area contributed by atoms with Crippen molar-refractivity contribution >= 4 is 23.6 Å². The summed E-state index contributed by atoms with van der Waals surface area (Å²) >= 11 is 0. The van der Waals surface area contributed by atoms with Crippen molar-refractivity contribution in [3.8, 4) is 0 Å². The normalized spacial score (nSPS) is 14.2. The fraction of sp³-hybridized carbons (Fsp3) is 0.583. The standard InChI is InChI=1S/C12H18N4O3/c1-8(17)13-9-7-10-15(5-6-16(10)14-9)11(18)19-12(2,3)4/h7H,5-6H2,1-4H3,(H,13,14,17). The molecule has 7 heteroatoms. The lowest BCUT2D eigenvalue weighted by Crippen LogP contribution is -2.35. The van der Waals surface area contributed by atoms with Gasteiger partial charge in [-0.3, -0.25) is 9.69 Å². The van der Waals surface area contributed by atoms with Gasteiger partial charge in [0.1, 0.15) is 11.4 Å². The Kier molecular flexibility index (Phi) is 3.21. The van der Waals surface area contributed by atoms with E-state index in [4.69, 9.17) is 4.74 Å². The lowest BCUT2D eigenvalue weighted by atomic mass is 10.2. The summed E-state index contributed by atoms with van der Waals surface area (Å²) in [6.45, 7) is 7.99. The second-order valence-electron chi connectivity index (χ2n) is 5.42. The number of rotatable bonds is 1. The molecule has 1 aliphatic rings. The summed E-state index contributed by atoms with van der Waals surface area (Å²) in [6.07, 6.45) is -0.402. The molecule has 2 amide bonds. The van der Waals surface area contributed by atoms with Crippen molar-refractivity contribution in [2.45, 2.75) is 39.8 Å². The first-order chi connectivity index (χ1) is 8.76. The van der Waals surface area contributed by atoms with Crippen LogP contribution in [0.4, 0.5) is 16.4 Å². The molecule has 0 saturated carbocycles. The van der Waals surface area contributed by atoms with E-state index in [2.05, 4.69) is 10.4 Å². The van der Waals surface area contributed by atoms with Gasteiger partial charge in [-0.25, -0.2) is 9.48 Å². The third-order valence-corrected chi connectivity index (χ3v) is 2.49. The fourth-order valence-corrected chi connectivity index (χ4v) is 1.84. The Morgan fingerprint density at radius 3 is 2.63 bits per heavy atom. The highest BCUT2D eigenvalue weighted by Gasteiger charge is 2.30. The Labute approximate surface area is 111 Å². The van der Waals surface area contributed by atoms with E-state index in [9.17, 15) is 9.59 Å². The summed E-state index contributed by atoms with van der Waals surface area (Å²) in [5.74, 6) is 0.884. The number of carbonyl (C=O) groups excluding carboxylic acids is 2. The van der Waals surface area contributed by atoms with Gasteiger partial charge in [0.15, 0.2) is 5.82 Å². The summed E-state index contributed by atoms with van der Waals surface area (Å²) in [6, 6.07) is 1.66. The van der Waals surface area contributed by atoms with Gasteiger partial charge < -0.3 is 10.1 Å². The Bertz CT molecular complexity index is 516. The SMILES string of the molecule is CC(=O)Nc1cc2n(n1)CCN2C(=O)OC(C)(C)C. The third kappa shape index (κ3) is 3.04. The molecule has 0 aromatic carbocycles. The molecule has 2 rings (SSSR count). The number of hydrogen-bond acceptors (Lipinski definition) is 4. The second-order valence-corrected chi connectivity index (χ2v) is 5.42. The predicted octanol–water partition coefficient (Wildman–Crippen LogP) is 1.60. The van der Waals surface area contributed by atoms with Gasteiger partial charge in [-0.05, 0) is 20.8 Å². The molecule has 0 bridgehead atoms. The molecule has 0 saturated heterocycles. The topological polar surface area (TPSA) is 76.5 Å². The quantitative estimate of drug-likeness (QED) is 0.837. The van der Waals surface area contributed by atoms with E-state index in [1.54, 1.807) is 10.7 Å². The number of anilines is 2. The molecule has 2 heterocycles. The number of aromatic nitrogens is 2. The largest absolute Gasteiger partial charge is 0.443 e. The average Bonchev–Trinajstić information content (AvgIpc) is 2.71. The minimum Gasteiger partial charge on any atom is -0.443 e. The molecule has 0 fully saturated rings. The molecular weight excluding hydrogens is 248 g/mol. The number of hydrogen-bond donors (Lipinski definition) is 1. The number of amides is 2. The van der Waals surface area contributed by atoms with Gasteiger partial charge in [0.25, 0.3) is 0 Å². The molecule has 0 unspecified atom stereocenters. The Hall–Kier alpha value is -2.05. The van der Waals surface area contributed by atoms with Crippen molar-refractivity contribution < 1.29 is 14.3 Å². The van der Waals surface area contributed by atoms with E-state index in [-0.39, 0.29) is 5.91 Å². The van der Waals surface area contributed by atoms with Crippen LogP contribution in [0.1, 0.15) is 27.7 Å². The van der Waals surface area contributed by atoms with Crippen molar-refractivity contribution in [1.82, 2.24) is 9.78 Å². The summed E-state index contributed by atoms with van der Waals surface area (Å²) in [7, 11) is 0. The predicted molar refractivity (Wildman–Crippen MR) is 70.1 cm³/mol. The maximum Gasteiger partial charge on any atom is 0.416 e. The summed E-state index contributed by atoms with van der Waals surface area (Å²) in [5, 5.41) is 6.79. The minimum absolute atomic E-state index is 0.194. The smallest absolute Gasteiger partial charge is 0.416 e. The van der Waals surface area contributed by atoms with E-state index in [0.29, 0.717) is 24.7 Å². The number of fused-ring (bicyclic) bond motifs is 1. The van der Waals surface area contributed by atoms with Gasteiger partial charge in [-0.1, -0.05) is 0 Å². The first-order valence-corrected chi connectivity index (χ1v) is 6.12. The van der Waals surface area contributed by atoms with Gasteiger partial charge in [0.05, 0.1) is 13.1 Å². The molecule has 1 N–H and O–H groups in total. The molecule has 0 aliphatic carbocycles. The maximum atomic E-state index is 12.0. The van der Waals surface area contributed by atoms with Crippen LogP contribution in [0.25, 0.3) is 0 Å². The van der Waals surface area contributed by atoms with Crippen molar-refractivity contribution in [3.63, 3.8) is 0 Å². The van der Waals surface area contributed by atoms with Gasteiger partial charge >= 0.3 is 6.09 Å². The van der Waals surface area contributed by atoms with Crippen LogP contribution in [0.2, 0.25) is 0 Å². The summed E-state index contributed by atoms with van der Waals surface area (Å²) < 4.78 is 7.00. The fourth-order valence-electron chi connectivity index (χ4n) is 1.84. The zero-order valence-corrected chi connectivity index (χ0v) is 11.6. The highest BCUT2D eigenvalue weighted by atomic mass is 16.6. The van der Waals surface area contributed by atoms with E-state index < -0.39 is 11.7 Å². The molecular formula is C12H18N4O3. The highest BCUT2D eigenvalue weighted by molar-refractivity contribution is 5.91. The van der Waals surface area contributed by atoms with Gasteiger partial charge in [0, 0.05) is 13.0 Å². The summed E-state index contributed by atoms with van der Waals surface area (Å²) in [4.78, 5) is 24.5. The maximum absolute atomic E-state index is 12.0. The zero-order valence-electron chi connectivity index (χ0n) is 11.6. The van der Waals surface area contributed by atoms with Gasteiger partial charge in [-0.15, -0.1) is 0 Å². The van der Waals surface area contributed by atoms with Gasteiger partial charge in [-0.2, -0.15) is 5.10 Å². The van der Waals surface area contributed by atoms with Gasteiger partial charge in [0.2, 0.25) is 5.91 Å². The number of carbonyl (C=O) groups is 2. The molecule has 0 spiro atoms. The van der Waals surface area contributed by atoms with E-state index in [0.717, 1.165) is 0 Å². The third-order valence-electron chi connectivity index (χ3n) is 2.49. The van der Waals surface area contributed by atoms with Crippen LogP contribution in [-0.4, -0.2) is 33.9 Å². The van der Waals surface area contributed by atoms with E-state index in [1.165, 1.54) is 11.8 Å². The van der Waals surface area contributed by atoms with Crippen LogP contribution in [0.3, 0.4) is 0 Å². The van der Waals surface area contributed by atoms with Crippen molar-refractivity contribution in [2.75, 3.05) is 16.8 Å². The Morgan fingerprint density at radius 1 is 1.37 bits per heavy atom. The number of ether oxygens (including phenoxy) is 1. The number of nitrogens with one attached hydrogen (secondary N) is 1. The molecule has 104 valence electrons.